The van der Waals surface area contributed by atoms with Crippen LogP contribution >= 0.6 is 0 Å². The van der Waals surface area contributed by atoms with E-state index in [1.54, 1.807) is 0 Å². The van der Waals surface area contributed by atoms with Crippen molar-refractivity contribution in [1.82, 2.24) is 0 Å². The van der Waals surface area contributed by atoms with E-state index in [0.717, 1.165) is 6.42 Å². The van der Waals surface area contributed by atoms with Crippen molar-refractivity contribution in [3.8, 4) is 0 Å². The molecule has 0 aliphatic heterocycles. The van der Waals surface area contributed by atoms with Gasteiger partial charge in [-0.1, -0.05) is 6.92 Å². The maximum Gasteiger partial charge on any atom is 0.0502 e. The molecule has 2 nitrogen and oxygen atoms in total. The van der Waals surface area contributed by atoms with Crippen LogP contribution in [0.15, 0.2) is 0 Å². The molecule has 0 radical (unpaired) electrons. The number of nitrogens with two attached hydrogens (primary N) is 1. The van der Waals surface area contributed by atoms with E-state index >= 15 is 0 Å². The monoisotopic (exact) mass is 143 g/mol. The number of aliphatic hydroxyl groups excluding tert-OH is 1. The lowest BCUT2D eigenvalue weighted by Gasteiger charge is -2.28. The fourth-order valence-electron chi connectivity index (χ4n) is 1.60. The third-order valence-electron chi connectivity index (χ3n) is 2.87. The first-order valence-electron chi connectivity index (χ1n) is 4.10. The van der Waals surface area contributed by atoms with Crippen molar-refractivity contribution in [3.05, 3.63) is 0 Å². The lowest BCUT2D eigenvalue weighted by atomic mass is 9.81. The molecule has 60 valence electrons. The van der Waals surface area contributed by atoms with Crippen LogP contribution in [0.25, 0.3) is 0 Å². The summed E-state index contributed by atoms with van der Waals surface area (Å²) in [5.74, 6) is 0.715. The van der Waals surface area contributed by atoms with Crippen molar-refractivity contribution >= 4 is 0 Å². The standard InChI is InChI=1S/C8H17NO/c1-2-8(5-9,6-10)7-3-4-7/h7,10H,2-6,9H2,1H3. The summed E-state index contributed by atoms with van der Waals surface area (Å²) in [5.41, 5.74) is 5.68. The molecule has 0 bridgehead atoms. The zero-order chi connectivity index (χ0) is 7.61. The van der Waals surface area contributed by atoms with Crippen molar-refractivity contribution in [2.45, 2.75) is 26.2 Å². The normalized spacial score (nSPS) is 24.3. The Hall–Kier alpha value is -0.0800. The van der Waals surface area contributed by atoms with E-state index < -0.39 is 0 Å². The van der Waals surface area contributed by atoms with E-state index in [9.17, 15) is 0 Å². The van der Waals surface area contributed by atoms with Crippen molar-refractivity contribution in [2.75, 3.05) is 13.2 Å². The minimum Gasteiger partial charge on any atom is -0.396 e. The molecule has 0 saturated heterocycles. The van der Waals surface area contributed by atoms with Gasteiger partial charge in [0.05, 0.1) is 6.61 Å². The molecular formula is C8H17NO. The van der Waals surface area contributed by atoms with E-state index in [-0.39, 0.29) is 12.0 Å². The molecule has 1 aliphatic carbocycles. The number of aliphatic hydroxyl groups is 1. The zero-order valence-corrected chi connectivity index (χ0v) is 6.64. The van der Waals surface area contributed by atoms with Crippen LogP contribution < -0.4 is 5.73 Å². The molecule has 10 heavy (non-hydrogen) atoms. The van der Waals surface area contributed by atoms with Crippen LogP contribution in [0.1, 0.15) is 26.2 Å². The SMILES string of the molecule is CCC(CN)(CO)C1CC1. The van der Waals surface area contributed by atoms with Crippen LogP contribution in [0, 0.1) is 11.3 Å². The minimum atomic E-state index is 0.0694. The number of rotatable bonds is 4. The highest BCUT2D eigenvalue weighted by molar-refractivity contribution is 4.93. The van der Waals surface area contributed by atoms with Crippen molar-refractivity contribution in [3.63, 3.8) is 0 Å². The summed E-state index contributed by atoms with van der Waals surface area (Å²) >= 11 is 0. The molecule has 0 heterocycles. The minimum absolute atomic E-state index is 0.0694. The first kappa shape index (κ1) is 8.02. The van der Waals surface area contributed by atoms with E-state index in [4.69, 9.17) is 10.8 Å². The quantitative estimate of drug-likeness (QED) is 0.610. The van der Waals surface area contributed by atoms with Gasteiger partial charge in [0.2, 0.25) is 0 Å². The topological polar surface area (TPSA) is 46.2 Å². The average molecular weight is 143 g/mol. The second kappa shape index (κ2) is 2.89. The lowest BCUT2D eigenvalue weighted by Crippen LogP contribution is -2.35. The molecule has 1 saturated carbocycles. The molecule has 1 fully saturated rings. The molecule has 1 atom stereocenters. The Labute approximate surface area is 62.4 Å². The third-order valence-corrected chi connectivity index (χ3v) is 2.87. The highest BCUT2D eigenvalue weighted by atomic mass is 16.3. The van der Waals surface area contributed by atoms with E-state index in [1.807, 2.05) is 0 Å². The van der Waals surface area contributed by atoms with Gasteiger partial charge in [0.1, 0.15) is 0 Å². The molecule has 0 aromatic heterocycles. The molecule has 1 unspecified atom stereocenters. The first-order chi connectivity index (χ1) is 4.79. The molecule has 0 spiro atoms. The zero-order valence-electron chi connectivity index (χ0n) is 6.64. The van der Waals surface area contributed by atoms with Gasteiger partial charge in [-0.3, -0.25) is 0 Å². The summed E-state index contributed by atoms with van der Waals surface area (Å²) < 4.78 is 0. The van der Waals surface area contributed by atoms with Crippen molar-refractivity contribution in [2.24, 2.45) is 17.1 Å². The van der Waals surface area contributed by atoms with Gasteiger partial charge in [-0.05, 0) is 25.2 Å². The van der Waals surface area contributed by atoms with Crippen LogP contribution in [-0.2, 0) is 0 Å². The van der Waals surface area contributed by atoms with Crippen LogP contribution in [0.5, 0.6) is 0 Å². The second-order valence-corrected chi connectivity index (χ2v) is 3.35. The lowest BCUT2D eigenvalue weighted by molar-refractivity contribution is 0.105. The molecule has 1 rings (SSSR count). The Morgan fingerprint density at radius 1 is 1.60 bits per heavy atom. The van der Waals surface area contributed by atoms with Crippen LogP contribution in [0.2, 0.25) is 0 Å². The Morgan fingerprint density at radius 3 is 2.30 bits per heavy atom. The van der Waals surface area contributed by atoms with E-state index in [1.165, 1.54) is 12.8 Å². The van der Waals surface area contributed by atoms with Gasteiger partial charge in [0, 0.05) is 12.0 Å². The largest absolute Gasteiger partial charge is 0.396 e. The summed E-state index contributed by atoms with van der Waals surface area (Å²) in [7, 11) is 0. The molecule has 0 aromatic carbocycles. The summed E-state index contributed by atoms with van der Waals surface area (Å²) in [4.78, 5) is 0. The fraction of sp³-hybridized carbons (Fsp3) is 1.00. The van der Waals surface area contributed by atoms with Gasteiger partial charge in [0.25, 0.3) is 0 Å². The van der Waals surface area contributed by atoms with Gasteiger partial charge < -0.3 is 10.8 Å². The predicted molar refractivity (Wildman–Crippen MR) is 41.6 cm³/mol. The van der Waals surface area contributed by atoms with E-state index in [0.29, 0.717) is 12.5 Å². The van der Waals surface area contributed by atoms with Crippen LogP contribution in [0.3, 0.4) is 0 Å². The number of hydrogen-bond acceptors (Lipinski definition) is 2. The van der Waals surface area contributed by atoms with E-state index in [2.05, 4.69) is 6.92 Å². The summed E-state index contributed by atoms with van der Waals surface area (Å²) in [5, 5.41) is 9.11. The van der Waals surface area contributed by atoms with Crippen LogP contribution in [0.4, 0.5) is 0 Å². The summed E-state index contributed by atoms with van der Waals surface area (Å²) in [6.07, 6.45) is 3.56. The highest BCUT2D eigenvalue weighted by Gasteiger charge is 2.42. The molecule has 1 aliphatic rings. The second-order valence-electron chi connectivity index (χ2n) is 3.35. The van der Waals surface area contributed by atoms with Gasteiger partial charge in [-0.25, -0.2) is 0 Å². The Kier molecular flexibility index (Phi) is 2.32. The number of hydrogen-bond donors (Lipinski definition) is 2. The Morgan fingerprint density at radius 2 is 2.20 bits per heavy atom. The summed E-state index contributed by atoms with van der Waals surface area (Å²) in [6.45, 7) is 3.02. The fourth-order valence-corrected chi connectivity index (χ4v) is 1.60. The molecule has 2 heteroatoms. The molecule has 3 N–H and O–H groups in total. The highest BCUT2D eigenvalue weighted by Crippen LogP contribution is 2.46. The Balaban J connectivity index is 2.52. The van der Waals surface area contributed by atoms with Gasteiger partial charge in [-0.15, -0.1) is 0 Å². The summed E-state index contributed by atoms with van der Waals surface area (Å²) in [6, 6.07) is 0. The molecule has 0 amide bonds. The van der Waals surface area contributed by atoms with Crippen molar-refractivity contribution < 1.29 is 5.11 Å². The predicted octanol–water partition coefficient (Wildman–Crippen LogP) is 0.744. The van der Waals surface area contributed by atoms with Crippen LogP contribution in [-0.4, -0.2) is 18.3 Å². The first-order valence-corrected chi connectivity index (χ1v) is 4.10. The Bertz CT molecular complexity index is 97.6. The van der Waals surface area contributed by atoms with Gasteiger partial charge in [-0.2, -0.15) is 0 Å². The third kappa shape index (κ3) is 1.18. The average Bonchev–Trinajstić information content (AvgIpc) is 2.77. The molecule has 0 aromatic rings. The maximum atomic E-state index is 9.11. The molecular weight excluding hydrogens is 126 g/mol. The van der Waals surface area contributed by atoms with Gasteiger partial charge >= 0.3 is 0 Å². The smallest absolute Gasteiger partial charge is 0.0502 e. The van der Waals surface area contributed by atoms with Gasteiger partial charge in [0.15, 0.2) is 0 Å². The maximum absolute atomic E-state index is 9.11. The van der Waals surface area contributed by atoms with Crippen molar-refractivity contribution in [1.29, 1.82) is 0 Å².